The summed E-state index contributed by atoms with van der Waals surface area (Å²) in [5.41, 5.74) is 6.45. The maximum Gasteiger partial charge on any atom is 0.146 e. The van der Waals surface area contributed by atoms with Crippen LogP contribution in [0, 0.1) is 11.6 Å². The van der Waals surface area contributed by atoms with Gasteiger partial charge in [-0.25, -0.2) is 8.78 Å². The third kappa shape index (κ3) is 3.73. The van der Waals surface area contributed by atoms with E-state index in [0.717, 1.165) is 5.56 Å². The fourth-order valence-electron chi connectivity index (χ4n) is 1.77. The Labute approximate surface area is 135 Å². The third-order valence-electron chi connectivity index (χ3n) is 2.99. The summed E-state index contributed by atoms with van der Waals surface area (Å²) in [5, 5.41) is 0.348. The second kappa shape index (κ2) is 6.73. The average molecular weight is 377 g/mol. The number of benzene rings is 2. The van der Waals surface area contributed by atoms with Gasteiger partial charge in [0.05, 0.1) is 15.1 Å². The normalized spacial score (nSPS) is 12.3. The van der Waals surface area contributed by atoms with Crippen molar-refractivity contribution in [3.63, 3.8) is 0 Å². The van der Waals surface area contributed by atoms with Crippen LogP contribution in [0.25, 0.3) is 0 Å². The predicted molar refractivity (Wildman–Crippen MR) is 82.4 cm³/mol. The monoisotopic (exact) mass is 375 g/mol. The number of hydrogen-bond acceptors (Lipinski definition) is 2. The molecule has 112 valence electrons. The van der Waals surface area contributed by atoms with Crippen molar-refractivity contribution in [3.05, 3.63) is 62.6 Å². The molecule has 0 amide bonds. The van der Waals surface area contributed by atoms with Gasteiger partial charge in [0.2, 0.25) is 0 Å². The molecule has 0 bridgehead atoms. The second-order valence-electron chi connectivity index (χ2n) is 4.59. The van der Waals surface area contributed by atoms with Crippen molar-refractivity contribution < 1.29 is 13.5 Å². The first-order valence-electron chi connectivity index (χ1n) is 6.20. The molecule has 1 atom stereocenters. The lowest BCUT2D eigenvalue weighted by molar-refractivity contribution is 0.292. The van der Waals surface area contributed by atoms with E-state index in [4.69, 9.17) is 22.1 Å². The molecule has 0 saturated heterocycles. The third-order valence-corrected chi connectivity index (χ3v) is 3.90. The van der Waals surface area contributed by atoms with Gasteiger partial charge in [0.1, 0.15) is 24.0 Å². The average Bonchev–Trinajstić information content (AvgIpc) is 2.44. The first-order chi connectivity index (χ1) is 9.90. The van der Waals surface area contributed by atoms with Gasteiger partial charge in [-0.3, -0.25) is 0 Å². The molecule has 0 aliphatic heterocycles. The van der Waals surface area contributed by atoms with E-state index in [1.54, 1.807) is 18.2 Å². The highest BCUT2D eigenvalue weighted by atomic mass is 79.9. The van der Waals surface area contributed by atoms with Crippen LogP contribution in [0.15, 0.2) is 34.8 Å². The molecule has 2 nitrogen and oxygen atoms in total. The van der Waals surface area contributed by atoms with E-state index < -0.39 is 11.6 Å². The standard InChI is InChI=1S/C15H13BrClF2NO/c1-8(20)9-2-5-14(12(17)6-9)21-7-10-13(18)4-3-11(16)15(10)19/h2-6,8H,7,20H2,1H3/t8-/m0/s1. The predicted octanol–water partition coefficient (Wildman–Crippen LogP) is 4.98. The molecule has 0 unspecified atom stereocenters. The lowest BCUT2D eigenvalue weighted by atomic mass is 10.1. The Morgan fingerprint density at radius 1 is 1.29 bits per heavy atom. The Bertz CT molecular complexity index is 664. The molecule has 2 N–H and O–H groups in total. The Kier molecular flexibility index (Phi) is 5.19. The lowest BCUT2D eigenvalue weighted by Gasteiger charge is -2.12. The molecule has 0 aliphatic carbocycles. The number of rotatable bonds is 4. The zero-order valence-corrected chi connectivity index (χ0v) is 13.5. The van der Waals surface area contributed by atoms with E-state index in [9.17, 15) is 8.78 Å². The van der Waals surface area contributed by atoms with E-state index in [2.05, 4.69) is 15.9 Å². The molecule has 0 aliphatic rings. The van der Waals surface area contributed by atoms with E-state index in [1.807, 2.05) is 6.92 Å². The van der Waals surface area contributed by atoms with Gasteiger partial charge < -0.3 is 10.5 Å². The summed E-state index contributed by atoms with van der Waals surface area (Å²) in [6, 6.07) is 7.39. The van der Waals surface area contributed by atoms with Crippen molar-refractivity contribution in [2.45, 2.75) is 19.6 Å². The molecule has 0 spiro atoms. The lowest BCUT2D eigenvalue weighted by Crippen LogP contribution is -2.06. The number of ether oxygens (including phenoxy) is 1. The number of halogens is 4. The molecule has 0 aromatic heterocycles. The number of nitrogens with two attached hydrogens (primary N) is 1. The molecule has 2 rings (SSSR count). The van der Waals surface area contributed by atoms with Crippen LogP contribution in [0.4, 0.5) is 8.78 Å². The summed E-state index contributed by atoms with van der Waals surface area (Å²) in [4.78, 5) is 0. The van der Waals surface area contributed by atoms with Crippen molar-refractivity contribution in [3.8, 4) is 5.75 Å². The van der Waals surface area contributed by atoms with Crippen LogP contribution >= 0.6 is 27.5 Å². The largest absolute Gasteiger partial charge is 0.487 e. The topological polar surface area (TPSA) is 35.2 Å². The maximum absolute atomic E-state index is 13.8. The summed E-state index contributed by atoms with van der Waals surface area (Å²) >= 11 is 9.08. The van der Waals surface area contributed by atoms with Crippen LogP contribution in [0.3, 0.4) is 0 Å². The van der Waals surface area contributed by atoms with Crippen LogP contribution in [0.5, 0.6) is 5.75 Å². The van der Waals surface area contributed by atoms with Crippen LogP contribution in [0.1, 0.15) is 24.1 Å². The summed E-state index contributed by atoms with van der Waals surface area (Å²) in [6.45, 7) is 1.58. The van der Waals surface area contributed by atoms with E-state index in [-0.39, 0.29) is 22.7 Å². The SMILES string of the molecule is C[C@H](N)c1ccc(OCc2c(F)ccc(Br)c2F)c(Cl)c1. The summed E-state index contributed by atoms with van der Waals surface area (Å²) < 4.78 is 33.0. The van der Waals surface area contributed by atoms with E-state index in [0.29, 0.717) is 10.8 Å². The maximum atomic E-state index is 13.8. The van der Waals surface area contributed by atoms with Gasteiger partial charge in [-0.15, -0.1) is 0 Å². The molecule has 2 aromatic carbocycles. The Morgan fingerprint density at radius 3 is 2.62 bits per heavy atom. The van der Waals surface area contributed by atoms with E-state index >= 15 is 0 Å². The number of hydrogen-bond donors (Lipinski definition) is 1. The highest BCUT2D eigenvalue weighted by molar-refractivity contribution is 9.10. The van der Waals surface area contributed by atoms with Crippen molar-refractivity contribution in [2.75, 3.05) is 0 Å². The molecular formula is C15H13BrClF2NO. The van der Waals surface area contributed by atoms with Crippen LogP contribution in [0.2, 0.25) is 5.02 Å². The summed E-state index contributed by atoms with van der Waals surface area (Å²) in [6.07, 6.45) is 0. The second-order valence-corrected chi connectivity index (χ2v) is 5.85. The molecule has 0 heterocycles. The van der Waals surface area contributed by atoms with Gasteiger partial charge >= 0.3 is 0 Å². The molecule has 0 fully saturated rings. The van der Waals surface area contributed by atoms with Gasteiger partial charge in [-0.05, 0) is 52.7 Å². The van der Waals surface area contributed by atoms with Crippen molar-refractivity contribution in [2.24, 2.45) is 5.73 Å². The molecular weight excluding hydrogens is 364 g/mol. The van der Waals surface area contributed by atoms with Crippen LogP contribution in [-0.4, -0.2) is 0 Å². The quantitative estimate of drug-likeness (QED) is 0.764. The first kappa shape index (κ1) is 16.2. The smallest absolute Gasteiger partial charge is 0.146 e. The molecule has 21 heavy (non-hydrogen) atoms. The Morgan fingerprint density at radius 2 is 2.00 bits per heavy atom. The minimum atomic E-state index is -0.682. The van der Waals surface area contributed by atoms with Crippen molar-refractivity contribution >= 4 is 27.5 Å². The van der Waals surface area contributed by atoms with Gasteiger partial charge in [-0.1, -0.05) is 17.7 Å². The van der Waals surface area contributed by atoms with Gasteiger partial charge in [0.15, 0.2) is 0 Å². The van der Waals surface area contributed by atoms with Crippen LogP contribution in [-0.2, 0) is 6.61 Å². The minimum Gasteiger partial charge on any atom is -0.487 e. The molecule has 0 saturated carbocycles. The molecule has 0 radical (unpaired) electrons. The van der Waals surface area contributed by atoms with Gasteiger partial charge in [0, 0.05) is 6.04 Å². The zero-order valence-electron chi connectivity index (χ0n) is 11.2. The highest BCUT2D eigenvalue weighted by Crippen LogP contribution is 2.29. The molecule has 6 heteroatoms. The van der Waals surface area contributed by atoms with E-state index in [1.165, 1.54) is 12.1 Å². The fraction of sp³-hybridized carbons (Fsp3) is 0.200. The molecule has 2 aromatic rings. The minimum absolute atomic E-state index is 0.156. The van der Waals surface area contributed by atoms with Crippen molar-refractivity contribution in [1.82, 2.24) is 0 Å². The summed E-state index contributed by atoms with van der Waals surface area (Å²) in [5.74, 6) is -1.00. The highest BCUT2D eigenvalue weighted by Gasteiger charge is 2.14. The fourth-order valence-corrected chi connectivity index (χ4v) is 2.38. The summed E-state index contributed by atoms with van der Waals surface area (Å²) in [7, 11) is 0. The van der Waals surface area contributed by atoms with Gasteiger partial charge in [0.25, 0.3) is 0 Å². The zero-order chi connectivity index (χ0) is 15.6. The first-order valence-corrected chi connectivity index (χ1v) is 7.37. The van der Waals surface area contributed by atoms with Crippen LogP contribution < -0.4 is 10.5 Å². The Hall–Kier alpha value is -1.17. The Balaban J connectivity index is 2.19. The van der Waals surface area contributed by atoms with Crippen molar-refractivity contribution in [1.29, 1.82) is 0 Å². The van der Waals surface area contributed by atoms with Gasteiger partial charge in [-0.2, -0.15) is 0 Å².